The lowest BCUT2D eigenvalue weighted by atomic mass is 9.46. The number of furan rings is 1. The van der Waals surface area contributed by atoms with Gasteiger partial charge < -0.3 is 18.6 Å². The average Bonchev–Trinajstić information content (AvgIpc) is 3.30. The summed E-state index contributed by atoms with van der Waals surface area (Å²) < 4.78 is 21.8. The summed E-state index contributed by atoms with van der Waals surface area (Å²) in [5, 5.41) is 0. The Morgan fingerprint density at radius 3 is 2.73 bits per heavy atom. The molecule has 6 atom stereocenters. The first-order valence-electron chi connectivity index (χ1n) is 10.4. The summed E-state index contributed by atoms with van der Waals surface area (Å²) in [6.45, 7) is 5.50. The molecule has 162 valence electrons. The predicted octanol–water partition coefficient (Wildman–Crippen LogP) is 3.74. The molecule has 0 spiro atoms. The maximum Gasteiger partial charge on any atom is 0.334 e. The van der Waals surface area contributed by atoms with E-state index < -0.39 is 28.8 Å². The molecule has 1 saturated heterocycles. The van der Waals surface area contributed by atoms with Gasteiger partial charge in [-0.2, -0.15) is 0 Å². The molecule has 0 bridgehead atoms. The Labute approximate surface area is 175 Å². The first kappa shape index (κ1) is 20.7. The summed E-state index contributed by atoms with van der Waals surface area (Å²) in [6.07, 6.45) is 6.52. The van der Waals surface area contributed by atoms with E-state index in [2.05, 4.69) is 13.8 Å². The van der Waals surface area contributed by atoms with E-state index in [1.165, 1.54) is 20.3 Å². The number of hydrogen-bond acceptors (Lipinski definition) is 7. The van der Waals surface area contributed by atoms with Crippen LogP contribution in [0.2, 0.25) is 0 Å². The number of hydrogen-bond donors (Lipinski definition) is 0. The van der Waals surface area contributed by atoms with E-state index in [1.54, 1.807) is 12.3 Å². The molecule has 0 radical (unpaired) electrons. The van der Waals surface area contributed by atoms with Gasteiger partial charge in [0.25, 0.3) is 0 Å². The molecule has 2 heterocycles. The van der Waals surface area contributed by atoms with Gasteiger partial charge in [-0.3, -0.25) is 9.59 Å². The van der Waals surface area contributed by atoms with Crippen molar-refractivity contribution in [3.63, 3.8) is 0 Å². The highest BCUT2D eigenvalue weighted by Gasteiger charge is 2.67. The third-order valence-corrected chi connectivity index (χ3v) is 7.62. The first-order valence-corrected chi connectivity index (χ1v) is 10.4. The number of ether oxygens (including phenoxy) is 3. The molecule has 1 aromatic heterocycles. The topological polar surface area (TPSA) is 92.0 Å². The van der Waals surface area contributed by atoms with Crippen LogP contribution >= 0.6 is 0 Å². The van der Waals surface area contributed by atoms with Crippen molar-refractivity contribution >= 4 is 17.9 Å². The van der Waals surface area contributed by atoms with E-state index in [4.69, 9.17) is 18.6 Å². The number of rotatable bonds is 5. The highest BCUT2D eigenvalue weighted by Crippen LogP contribution is 2.66. The lowest BCUT2D eigenvalue weighted by Gasteiger charge is -2.57. The van der Waals surface area contributed by atoms with Crippen molar-refractivity contribution in [3.8, 4) is 0 Å². The smallest absolute Gasteiger partial charge is 0.334 e. The molecule has 30 heavy (non-hydrogen) atoms. The minimum Gasteiger partial charge on any atom is -0.472 e. The average molecular weight is 416 g/mol. The summed E-state index contributed by atoms with van der Waals surface area (Å²) in [5.74, 6) is -1.51. The van der Waals surface area contributed by atoms with Crippen molar-refractivity contribution in [2.45, 2.75) is 58.7 Å². The Morgan fingerprint density at radius 2 is 2.10 bits per heavy atom. The molecule has 0 aromatic carbocycles. The minimum atomic E-state index is -0.580. The van der Waals surface area contributed by atoms with Crippen LogP contribution in [0.1, 0.15) is 58.1 Å². The Hall–Kier alpha value is -2.57. The molecular formula is C23H28O7. The molecule has 7 heteroatoms. The quantitative estimate of drug-likeness (QED) is 0.533. The summed E-state index contributed by atoms with van der Waals surface area (Å²) >= 11 is 0. The van der Waals surface area contributed by atoms with E-state index in [0.29, 0.717) is 18.4 Å². The maximum absolute atomic E-state index is 12.9. The van der Waals surface area contributed by atoms with E-state index in [-0.39, 0.29) is 24.0 Å². The number of methoxy groups -OCH3 is 1. The van der Waals surface area contributed by atoms with Gasteiger partial charge in [-0.1, -0.05) is 19.9 Å². The Kier molecular flexibility index (Phi) is 5.03. The molecule has 4 rings (SSSR count). The van der Waals surface area contributed by atoms with Crippen LogP contribution in [0.15, 0.2) is 34.7 Å². The van der Waals surface area contributed by atoms with Crippen LogP contribution in [0.5, 0.6) is 0 Å². The van der Waals surface area contributed by atoms with Gasteiger partial charge in [0.05, 0.1) is 25.6 Å². The van der Waals surface area contributed by atoms with Crippen molar-refractivity contribution in [3.05, 3.63) is 35.8 Å². The highest BCUT2D eigenvalue weighted by molar-refractivity contribution is 5.93. The number of esters is 3. The molecule has 0 unspecified atom stereocenters. The zero-order chi connectivity index (χ0) is 21.7. The number of carbonyl (C=O) groups excluding carboxylic acids is 3. The Morgan fingerprint density at radius 1 is 1.33 bits per heavy atom. The SMILES string of the molecule is COC(=O)[C@@H]1C[C@H]2OC(=O)C3=CCC[C@@H]([C@]1(C)C[C@@H](OC(C)=O)c1ccoc1)[C@]32C. The van der Waals surface area contributed by atoms with Crippen LogP contribution in [0.4, 0.5) is 0 Å². The van der Waals surface area contributed by atoms with E-state index >= 15 is 0 Å². The largest absolute Gasteiger partial charge is 0.472 e. The minimum absolute atomic E-state index is 0.00995. The third kappa shape index (κ3) is 2.97. The summed E-state index contributed by atoms with van der Waals surface area (Å²) in [6, 6.07) is 1.77. The highest BCUT2D eigenvalue weighted by atomic mass is 16.6. The predicted molar refractivity (Wildman–Crippen MR) is 105 cm³/mol. The third-order valence-electron chi connectivity index (χ3n) is 7.62. The van der Waals surface area contributed by atoms with Crippen LogP contribution in [-0.4, -0.2) is 31.1 Å². The van der Waals surface area contributed by atoms with Crippen molar-refractivity contribution in [1.82, 2.24) is 0 Å². The maximum atomic E-state index is 12.9. The number of allylic oxidation sites excluding steroid dienone is 1. The van der Waals surface area contributed by atoms with Crippen molar-refractivity contribution < 1.29 is 33.0 Å². The van der Waals surface area contributed by atoms with Crippen LogP contribution in [0, 0.1) is 22.7 Å². The monoisotopic (exact) mass is 416 g/mol. The fourth-order valence-corrected chi connectivity index (χ4v) is 6.23. The molecule has 2 fully saturated rings. The van der Waals surface area contributed by atoms with Gasteiger partial charge in [0.15, 0.2) is 0 Å². The molecule has 2 aliphatic carbocycles. The van der Waals surface area contributed by atoms with Crippen LogP contribution < -0.4 is 0 Å². The molecule has 1 aromatic rings. The second-order valence-electron chi connectivity index (χ2n) is 9.10. The first-order chi connectivity index (χ1) is 14.2. The lowest BCUT2D eigenvalue weighted by molar-refractivity contribution is -0.178. The molecule has 1 aliphatic heterocycles. The van der Waals surface area contributed by atoms with E-state index in [0.717, 1.165) is 18.4 Å². The molecule has 1 saturated carbocycles. The standard InChI is InChI=1S/C23H28O7/c1-13(24)29-17(14-8-9-28-12-14)11-22(2)16(20(25)27-4)10-19-23(3)15(21(26)30-19)6-5-7-18(22)23/h6,8-9,12,16-19H,5,7,10-11H2,1-4H3/t16-,17+,18-,19+,22+,23-/m0/s1. The Bertz CT molecular complexity index is 885. The van der Waals surface area contributed by atoms with Crippen LogP contribution in [-0.2, 0) is 28.6 Å². The number of carbonyl (C=O) groups is 3. The van der Waals surface area contributed by atoms with Crippen molar-refractivity contribution in [2.75, 3.05) is 7.11 Å². The summed E-state index contributed by atoms with van der Waals surface area (Å²) in [4.78, 5) is 37.3. The van der Waals surface area contributed by atoms with Gasteiger partial charge in [-0.15, -0.1) is 0 Å². The van der Waals surface area contributed by atoms with Gasteiger partial charge in [0.1, 0.15) is 12.2 Å². The second kappa shape index (κ2) is 7.29. The van der Waals surface area contributed by atoms with Gasteiger partial charge >= 0.3 is 17.9 Å². The fraction of sp³-hybridized carbons (Fsp3) is 0.609. The van der Waals surface area contributed by atoms with E-state index in [1.807, 2.05) is 6.08 Å². The second-order valence-corrected chi connectivity index (χ2v) is 9.10. The van der Waals surface area contributed by atoms with Gasteiger partial charge in [0.2, 0.25) is 0 Å². The van der Waals surface area contributed by atoms with Gasteiger partial charge in [-0.25, -0.2) is 4.79 Å². The summed E-state index contributed by atoms with van der Waals surface area (Å²) in [7, 11) is 1.38. The lowest BCUT2D eigenvalue weighted by Crippen LogP contribution is -2.57. The van der Waals surface area contributed by atoms with Crippen molar-refractivity contribution in [1.29, 1.82) is 0 Å². The summed E-state index contributed by atoms with van der Waals surface area (Å²) in [5.41, 5.74) is 0.396. The Balaban J connectivity index is 1.79. The normalized spacial score (nSPS) is 35.7. The van der Waals surface area contributed by atoms with Crippen LogP contribution in [0.25, 0.3) is 0 Å². The fourth-order valence-electron chi connectivity index (χ4n) is 6.23. The van der Waals surface area contributed by atoms with Gasteiger partial charge in [-0.05, 0) is 43.1 Å². The molecule has 0 N–H and O–H groups in total. The molecular weight excluding hydrogens is 388 g/mol. The van der Waals surface area contributed by atoms with E-state index in [9.17, 15) is 14.4 Å². The van der Waals surface area contributed by atoms with Gasteiger partial charge in [0, 0.05) is 23.5 Å². The zero-order valence-electron chi connectivity index (χ0n) is 17.8. The van der Waals surface area contributed by atoms with Crippen LogP contribution in [0.3, 0.4) is 0 Å². The molecule has 0 amide bonds. The zero-order valence-corrected chi connectivity index (χ0v) is 17.8. The molecule has 3 aliphatic rings. The molecule has 7 nitrogen and oxygen atoms in total. The van der Waals surface area contributed by atoms with Crippen molar-refractivity contribution in [2.24, 2.45) is 22.7 Å².